The number of aromatic nitrogens is 3. The van der Waals surface area contributed by atoms with Gasteiger partial charge >= 0.3 is 0 Å². The first kappa shape index (κ1) is 18.2. The second kappa shape index (κ2) is 6.75. The smallest absolute Gasteiger partial charge is 0.262 e. The molecule has 0 bridgehead atoms. The molecule has 6 heteroatoms. The summed E-state index contributed by atoms with van der Waals surface area (Å²) in [7, 11) is 0. The van der Waals surface area contributed by atoms with Gasteiger partial charge in [-0.05, 0) is 57.6 Å². The van der Waals surface area contributed by atoms with Crippen molar-refractivity contribution in [3.05, 3.63) is 50.1 Å². The monoisotopic (exact) mass is 383 g/mol. The molecule has 0 spiro atoms. The first-order valence-electron chi connectivity index (χ1n) is 9.60. The van der Waals surface area contributed by atoms with E-state index in [1.807, 2.05) is 19.9 Å². The summed E-state index contributed by atoms with van der Waals surface area (Å²) < 4.78 is 3.60. The molecular formula is C21H25N3O2S. The lowest BCUT2D eigenvalue weighted by molar-refractivity contribution is 0.0970. The Kier molecular flexibility index (Phi) is 4.54. The number of carbonyl (C=O) groups is 1. The number of hydrogen-bond donors (Lipinski definition) is 0. The molecule has 0 fully saturated rings. The minimum absolute atomic E-state index is 0.0382. The number of Topliss-reactive ketones (excluding diaryl/α,β-unsaturated/α-hetero) is 1. The molecule has 5 nitrogen and oxygen atoms in total. The highest BCUT2D eigenvalue weighted by molar-refractivity contribution is 7.18. The zero-order valence-electron chi connectivity index (χ0n) is 16.3. The summed E-state index contributed by atoms with van der Waals surface area (Å²) in [5, 5.41) is 0.733. The van der Waals surface area contributed by atoms with E-state index >= 15 is 0 Å². The zero-order valence-corrected chi connectivity index (χ0v) is 17.2. The standard InChI is InChI=1S/C21H25N3O2S/c1-5-24-13(3)9-16(14(24)4)17(25)10-23-11-22-20-19(21(23)26)15-7-6-12(2)8-18(15)27-20/h9,11-12H,5-8,10H2,1-4H3/t12-/m0/s1. The largest absolute Gasteiger partial charge is 0.349 e. The molecule has 1 aliphatic rings. The van der Waals surface area contributed by atoms with Gasteiger partial charge in [-0.3, -0.25) is 14.2 Å². The number of thiophene rings is 1. The minimum Gasteiger partial charge on any atom is -0.349 e. The molecular weight excluding hydrogens is 358 g/mol. The van der Waals surface area contributed by atoms with Crippen LogP contribution >= 0.6 is 11.3 Å². The average molecular weight is 384 g/mol. The van der Waals surface area contributed by atoms with E-state index in [9.17, 15) is 9.59 Å². The van der Waals surface area contributed by atoms with Crippen molar-refractivity contribution in [1.82, 2.24) is 14.1 Å². The van der Waals surface area contributed by atoms with Crippen LogP contribution in [0.2, 0.25) is 0 Å². The fraction of sp³-hybridized carbons (Fsp3) is 0.476. The van der Waals surface area contributed by atoms with E-state index in [1.54, 1.807) is 11.3 Å². The lowest BCUT2D eigenvalue weighted by atomic mass is 9.89. The summed E-state index contributed by atoms with van der Waals surface area (Å²) in [5.41, 5.74) is 3.81. The molecule has 0 aromatic carbocycles. The molecule has 0 radical (unpaired) electrons. The van der Waals surface area contributed by atoms with Crippen LogP contribution in [0.25, 0.3) is 10.2 Å². The average Bonchev–Trinajstić information content (AvgIpc) is 3.13. The maximum atomic E-state index is 13.1. The Bertz CT molecular complexity index is 1100. The fourth-order valence-electron chi connectivity index (χ4n) is 4.29. The van der Waals surface area contributed by atoms with Crippen LogP contribution in [0.1, 0.15) is 52.5 Å². The van der Waals surface area contributed by atoms with E-state index in [0.29, 0.717) is 11.5 Å². The van der Waals surface area contributed by atoms with Crippen LogP contribution in [0.4, 0.5) is 0 Å². The van der Waals surface area contributed by atoms with Gasteiger partial charge in [-0.1, -0.05) is 6.92 Å². The van der Waals surface area contributed by atoms with E-state index < -0.39 is 0 Å². The minimum atomic E-state index is -0.0790. The molecule has 1 atom stereocenters. The highest BCUT2D eigenvalue weighted by Crippen LogP contribution is 2.35. The van der Waals surface area contributed by atoms with Crippen LogP contribution in [0.3, 0.4) is 0 Å². The maximum absolute atomic E-state index is 13.1. The van der Waals surface area contributed by atoms with Gasteiger partial charge in [0.05, 0.1) is 18.3 Å². The third-order valence-electron chi connectivity index (χ3n) is 5.79. The molecule has 4 rings (SSSR count). The van der Waals surface area contributed by atoms with Gasteiger partial charge in [-0.25, -0.2) is 4.98 Å². The number of fused-ring (bicyclic) bond motifs is 3. The molecule has 142 valence electrons. The number of hydrogen-bond acceptors (Lipinski definition) is 4. The molecule has 3 aromatic heterocycles. The van der Waals surface area contributed by atoms with E-state index in [1.165, 1.54) is 15.8 Å². The first-order valence-corrected chi connectivity index (χ1v) is 10.4. The fourth-order valence-corrected chi connectivity index (χ4v) is 5.63. The molecule has 0 saturated carbocycles. The van der Waals surface area contributed by atoms with E-state index in [4.69, 9.17) is 0 Å². The highest BCUT2D eigenvalue weighted by Gasteiger charge is 2.24. The molecule has 3 heterocycles. The summed E-state index contributed by atoms with van der Waals surface area (Å²) in [5.74, 6) is 0.618. The van der Waals surface area contributed by atoms with Crippen molar-refractivity contribution in [3.8, 4) is 0 Å². The van der Waals surface area contributed by atoms with Gasteiger partial charge < -0.3 is 4.57 Å². The Hall–Kier alpha value is -2.21. The van der Waals surface area contributed by atoms with E-state index in [-0.39, 0.29) is 17.9 Å². The van der Waals surface area contributed by atoms with E-state index in [0.717, 1.165) is 53.0 Å². The highest BCUT2D eigenvalue weighted by atomic mass is 32.1. The molecule has 27 heavy (non-hydrogen) atoms. The Morgan fingerprint density at radius 2 is 2.15 bits per heavy atom. The molecule has 0 saturated heterocycles. The summed E-state index contributed by atoms with van der Waals surface area (Å²) >= 11 is 1.64. The SMILES string of the molecule is CCn1c(C)cc(C(=O)Cn2cnc3sc4c(c3c2=O)CC[C@H](C)C4)c1C. The lowest BCUT2D eigenvalue weighted by Gasteiger charge is -2.17. The third-order valence-corrected chi connectivity index (χ3v) is 6.95. The first-order chi connectivity index (χ1) is 12.9. The number of carbonyl (C=O) groups excluding carboxylic acids is 1. The van der Waals surface area contributed by atoms with Crippen molar-refractivity contribution in [2.24, 2.45) is 5.92 Å². The molecule has 0 amide bonds. The van der Waals surface area contributed by atoms with Crippen molar-refractivity contribution >= 4 is 27.3 Å². The van der Waals surface area contributed by atoms with Crippen LogP contribution < -0.4 is 5.56 Å². The van der Waals surface area contributed by atoms with Gasteiger partial charge in [0.25, 0.3) is 5.56 Å². The van der Waals surface area contributed by atoms with Crippen LogP contribution in [-0.4, -0.2) is 19.9 Å². The Balaban J connectivity index is 1.72. The predicted molar refractivity (Wildman–Crippen MR) is 109 cm³/mol. The van der Waals surface area contributed by atoms with Crippen molar-refractivity contribution < 1.29 is 4.79 Å². The second-order valence-electron chi connectivity index (χ2n) is 7.66. The van der Waals surface area contributed by atoms with Gasteiger partial charge in [-0.2, -0.15) is 0 Å². The number of aryl methyl sites for hydroxylation is 2. The van der Waals surface area contributed by atoms with Crippen molar-refractivity contribution in [3.63, 3.8) is 0 Å². The van der Waals surface area contributed by atoms with Crippen molar-refractivity contribution in [2.75, 3.05) is 0 Å². The molecule has 3 aromatic rings. The van der Waals surface area contributed by atoms with Crippen LogP contribution in [0.5, 0.6) is 0 Å². The Labute approximate surface area is 162 Å². The quantitative estimate of drug-likeness (QED) is 0.642. The third kappa shape index (κ3) is 2.96. The van der Waals surface area contributed by atoms with Gasteiger partial charge in [0.15, 0.2) is 5.78 Å². The Morgan fingerprint density at radius 1 is 1.37 bits per heavy atom. The molecule has 0 N–H and O–H groups in total. The summed E-state index contributed by atoms with van der Waals surface area (Å²) in [4.78, 5) is 32.6. The number of nitrogens with zero attached hydrogens (tertiary/aromatic N) is 3. The van der Waals surface area contributed by atoms with Crippen molar-refractivity contribution in [1.29, 1.82) is 0 Å². The summed E-state index contributed by atoms with van der Waals surface area (Å²) in [6.07, 6.45) is 4.60. The van der Waals surface area contributed by atoms with Gasteiger partial charge in [0, 0.05) is 28.4 Å². The number of ketones is 1. The Morgan fingerprint density at radius 3 is 2.85 bits per heavy atom. The van der Waals surface area contributed by atoms with Gasteiger partial charge in [0.1, 0.15) is 4.83 Å². The van der Waals surface area contributed by atoms with Gasteiger partial charge in [-0.15, -0.1) is 11.3 Å². The summed E-state index contributed by atoms with van der Waals surface area (Å²) in [6.45, 7) is 9.16. The predicted octanol–water partition coefficient (Wildman–Crippen LogP) is 3.90. The van der Waals surface area contributed by atoms with Crippen molar-refractivity contribution in [2.45, 2.75) is 60.0 Å². The molecule has 1 aliphatic carbocycles. The van der Waals surface area contributed by atoms with Crippen LogP contribution in [0, 0.1) is 19.8 Å². The molecule has 0 unspecified atom stereocenters. The second-order valence-corrected chi connectivity index (χ2v) is 8.75. The summed E-state index contributed by atoms with van der Waals surface area (Å²) in [6, 6.07) is 1.92. The zero-order chi connectivity index (χ0) is 19.3. The lowest BCUT2D eigenvalue weighted by Crippen LogP contribution is -2.25. The van der Waals surface area contributed by atoms with Gasteiger partial charge in [0.2, 0.25) is 0 Å². The van der Waals surface area contributed by atoms with Crippen LogP contribution in [-0.2, 0) is 25.9 Å². The van der Waals surface area contributed by atoms with Crippen LogP contribution in [0.15, 0.2) is 17.2 Å². The maximum Gasteiger partial charge on any atom is 0.262 e. The van der Waals surface area contributed by atoms with E-state index in [2.05, 4.69) is 23.4 Å². The topological polar surface area (TPSA) is 56.9 Å². The number of rotatable bonds is 4. The normalized spacial score (nSPS) is 16.7. The molecule has 0 aliphatic heterocycles.